The van der Waals surface area contributed by atoms with Crippen molar-refractivity contribution in [1.82, 2.24) is 19.5 Å². The number of anilines is 1. The van der Waals surface area contributed by atoms with Gasteiger partial charge in [0, 0.05) is 12.3 Å². The lowest BCUT2D eigenvalue weighted by Crippen LogP contribution is -2.47. The summed E-state index contributed by atoms with van der Waals surface area (Å²) in [6.07, 6.45) is -0.692. The van der Waals surface area contributed by atoms with Crippen LogP contribution in [0.2, 0.25) is 5.28 Å². The molecule has 4 rings (SSSR count). The second-order valence-corrected chi connectivity index (χ2v) is 9.36. The lowest BCUT2D eigenvalue weighted by molar-refractivity contribution is -0.138. The van der Waals surface area contributed by atoms with Crippen LogP contribution in [0.4, 0.5) is 5.82 Å². The molecule has 0 spiro atoms. The van der Waals surface area contributed by atoms with Gasteiger partial charge < -0.3 is 31.1 Å². The minimum atomic E-state index is -1.39. The zero-order valence-corrected chi connectivity index (χ0v) is 19.6. The highest BCUT2D eigenvalue weighted by Gasteiger charge is 2.51. The number of halogens is 1. The van der Waals surface area contributed by atoms with Crippen LogP contribution in [0.25, 0.3) is 11.2 Å². The topological polar surface area (TPSA) is 169 Å². The van der Waals surface area contributed by atoms with Gasteiger partial charge in [-0.3, -0.25) is 9.36 Å². The van der Waals surface area contributed by atoms with E-state index in [1.54, 1.807) is 4.57 Å². The Balaban J connectivity index is 1.62. The molecule has 0 aliphatic carbocycles. The van der Waals surface area contributed by atoms with E-state index in [1.807, 2.05) is 30.3 Å². The Kier molecular flexibility index (Phi) is 7.55. The largest absolute Gasteiger partial charge is 0.480 e. The molecule has 3 aromatic rings. The van der Waals surface area contributed by atoms with Gasteiger partial charge in [-0.15, -0.1) is 0 Å². The Morgan fingerprint density at radius 3 is 2.79 bits per heavy atom. The fourth-order valence-electron chi connectivity index (χ4n) is 3.72. The summed E-state index contributed by atoms with van der Waals surface area (Å²) in [4.78, 5) is 24.0. The van der Waals surface area contributed by atoms with Gasteiger partial charge in [-0.05, 0) is 29.3 Å². The van der Waals surface area contributed by atoms with Gasteiger partial charge in [-0.2, -0.15) is 21.7 Å². The van der Waals surface area contributed by atoms with E-state index >= 15 is 0 Å². The Hall–Kier alpha value is -2.48. The molecule has 1 aliphatic heterocycles. The normalized spacial score (nSPS) is 23.3. The average molecular weight is 509 g/mol. The number of aliphatic carboxylic acids is 1. The molecule has 6 N–H and O–H groups in total. The first-order chi connectivity index (χ1) is 16.3. The number of aliphatic hydroxyl groups is 2. The van der Waals surface area contributed by atoms with E-state index in [-0.39, 0.29) is 24.1 Å². The summed E-state index contributed by atoms with van der Waals surface area (Å²) in [5.41, 5.74) is 5.98. The Morgan fingerprint density at radius 2 is 2.12 bits per heavy atom. The van der Waals surface area contributed by atoms with E-state index < -0.39 is 29.9 Å². The van der Waals surface area contributed by atoms with E-state index in [9.17, 15) is 15.0 Å². The molecule has 0 bridgehead atoms. The lowest BCUT2D eigenvalue weighted by atomic mass is 10.1. The van der Waals surface area contributed by atoms with E-state index in [0.717, 1.165) is 5.56 Å². The van der Waals surface area contributed by atoms with Gasteiger partial charge in [0.05, 0.1) is 12.9 Å². The van der Waals surface area contributed by atoms with Crippen LogP contribution in [0.1, 0.15) is 12.0 Å². The molecule has 4 atom stereocenters. The summed E-state index contributed by atoms with van der Waals surface area (Å²) in [7, 11) is 0. The number of aliphatic hydroxyl groups excluding tert-OH is 2. The number of rotatable bonds is 10. The third-order valence-electron chi connectivity index (χ3n) is 5.61. The predicted octanol–water partition coefficient (Wildman–Crippen LogP) is 1.03. The molecule has 2 aromatic heterocycles. The Bertz CT molecular complexity index is 1150. The van der Waals surface area contributed by atoms with Crippen LogP contribution in [-0.2, 0) is 21.8 Å². The number of imidazole rings is 1. The molecule has 1 saturated heterocycles. The van der Waals surface area contributed by atoms with Crippen molar-refractivity contribution in [3.05, 3.63) is 47.5 Å². The maximum absolute atomic E-state index is 11.0. The molecule has 0 amide bonds. The number of carbonyl (C=O) groups is 1. The van der Waals surface area contributed by atoms with Crippen molar-refractivity contribution in [2.75, 3.05) is 23.4 Å². The smallest absolute Gasteiger partial charge is 0.320 e. The number of hydrogen-bond acceptors (Lipinski definition) is 10. The van der Waals surface area contributed by atoms with Gasteiger partial charge in [0.25, 0.3) is 0 Å². The van der Waals surface area contributed by atoms with E-state index in [1.165, 1.54) is 18.1 Å². The van der Waals surface area contributed by atoms with Crippen LogP contribution < -0.4 is 11.1 Å². The molecule has 11 nitrogen and oxygen atoms in total. The average Bonchev–Trinajstić information content (AvgIpc) is 3.37. The summed E-state index contributed by atoms with van der Waals surface area (Å²) in [5.74, 6) is -0.0586. The SMILES string of the molecule is NC(CCSCC1(n2cnc3c(NCc4ccccc4)nc(Cl)nc32)OCC(O)C1O)C(=O)O. The van der Waals surface area contributed by atoms with Gasteiger partial charge in [-0.25, -0.2) is 4.98 Å². The molecule has 182 valence electrons. The van der Waals surface area contributed by atoms with Crippen molar-refractivity contribution < 1.29 is 24.9 Å². The second-order valence-electron chi connectivity index (χ2n) is 7.92. The van der Waals surface area contributed by atoms with Crippen molar-refractivity contribution in [2.24, 2.45) is 5.73 Å². The van der Waals surface area contributed by atoms with Gasteiger partial charge in [0.15, 0.2) is 22.7 Å². The Morgan fingerprint density at radius 1 is 1.35 bits per heavy atom. The zero-order valence-electron chi connectivity index (χ0n) is 18.0. The standard InChI is InChI=1S/C21H25ClN6O5S/c22-20-26-17(24-8-12-4-2-1-3-5-12)15-18(27-20)28(11-25-15)21(16(30)14(29)9-33-21)10-34-7-6-13(23)19(31)32/h1-5,11,13-14,16,29-30H,6-10,23H2,(H,31,32)(H,24,26,27). The van der Waals surface area contributed by atoms with Crippen LogP contribution in [0.5, 0.6) is 0 Å². The number of thioether (sulfide) groups is 1. The third-order valence-corrected chi connectivity index (χ3v) is 6.92. The maximum Gasteiger partial charge on any atom is 0.320 e. The number of nitrogens with two attached hydrogens (primary N) is 1. The van der Waals surface area contributed by atoms with E-state index in [2.05, 4.69) is 20.3 Å². The minimum absolute atomic E-state index is 0.0203. The number of fused-ring (bicyclic) bond motifs is 1. The lowest BCUT2D eigenvalue weighted by Gasteiger charge is -2.33. The van der Waals surface area contributed by atoms with Crippen LogP contribution in [0.3, 0.4) is 0 Å². The molecule has 0 saturated carbocycles. The summed E-state index contributed by atoms with van der Waals surface area (Å²) in [5, 5.41) is 33.3. The fourth-order valence-corrected chi connectivity index (χ4v) is 5.14. The van der Waals surface area contributed by atoms with E-state index in [0.29, 0.717) is 29.3 Å². The highest BCUT2D eigenvalue weighted by atomic mass is 35.5. The summed E-state index contributed by atoms with van der Waals surface area (Å²) >= 11 is 7.56. The van der Waals surface area contributed by atoms with Gasteiger partial charge >= 0.3 is 5.97 Å². The number of nitrogens with one attached hydrogen (secondary N) is 1. The monoisotopic (exact) mass is 508 g/mol. The molecule has 1 fully saturated rings. The molecule has 1 aliphatic rings. The number of carboxylic acids is 1. The highest BCUT2D eigenvalue weighted by Crippen LogP contribution is 2.38. The Labute approximate surface area is 204 Å². The van der Waals surface area contributed by atoms with Crippen LogP contribution >= 0.6 is 23.4 Å². The maximum atomic E-state index is 11.0. The summed E-state index contributed by atoms with van der Waals surface area (Å²) < 4.78 is 7.46. The number of ether oxygens (including phenoxy) is 1. The van der Waals surface area contributed by atoms with Crippen molar-refractivity contribution in [3.63, 3.8) is 0 Å². The van der Waals surface area contributed by atoms with E-state index in [4.69, 9.17) is 27.2 Å². The van der Waals surface area contributed by atoms with Crippen LogP contribution in [0, 0.1) is 0 Å². The molecular weight excluding hydrogens is 484 g/mol. The number of hydrogen-bond donors (Lipinski definition) is 5. The molecule has 3 heterocycles. The van der Waals surface area contributed by atoms with Crippen LogP contribution in [-0.4, -0.2) is 77.2 Å². The molecule has 13 heteroatoms. The molecule has 1 aromatic carbocycles. The number of nitrogens with zero attached hydrogens (tertiary/aromatic N) is 4. The first-order valence-electron chi connectivity index (χ1n) is 10.6. The van der Waals surface area contributed by atoms with Gasteiger partial charge in [-0.1, -0.05) is 30.3 Å². The van der Waals surface area contributed by atoms with Crippen molar-refractivity contribution >= 4 is 46.3 Å². The van der Waals surface area contributed by atoms with Crippen LogP contribution in [0.15, 0.2) is 36.7 Å². The van der Waals surface area contributed by atoms with Crippen molar-refractivity contribution in [1.29, 1.82) is 0 Å². The minimum Gasteiger partial charge on any atom is -0.480 e. The second kappa shape index (κ2) is 10.4. The quantitative estimate of drug-likeness (QED) is 0.196. The highest BCUT2D eigenvalue weighted by molar-refractivity contribution is 7.99. The number of aromatic nitrogens is 4. The first kappa shape index (κ1) is 24.6. The molecule has 0 radical (unpaired) electrons. The first-order valence-corrected chi connectivity index (χ1v) is 12.1. The number of carboxylic acid groups (broad SMARTS) is 1. The number of benzene rings is 1. The third kappa shape index (κ3) is 4.97. The van der Waals surface area contributed by atoms with Gasteiger partial charge in [0.1, 0.15) is 18.2 Å². The molecular formula is C21H25ClN6O5S. The van der Waals surface area contributed by atoms with Crippen molar-refractivity contribution in [3.8, 4) is 0 Å². The molecule has 4 unspecified atom stereocenters. The van der Waals surface area contributed by atoms with Crippen molar-refractivity contribution in [2.45, 2.75) is 36.9 Å². The predicted molar refractivity (Wildman–Crippen MR) is 128 cm³/mol. The molecule has 34 heavy (non-hydrogen) atoms. The van der Waals surface area contributed by atoms with Gasteiger partial charge in [0.2, 0.25) is 5.28 Å². The fraction of sp³-hybridized carbons (Fsp3) is 0.429. The summed E-state index contributed by atoms with van der Waals surface area (Å²) in [6, 6.07) is 8.75. The summed E-state index contributed by atoms with van der Waals surface area (Å²) in [6.45, 7) is 0.396. The zero-order chi connectivity index (χ0) is 24.3.